The minimum absolute atomic E-state index is 0.0170. The highest BCUT2D eigenvalue weighted by Crippen LogP contribution is 2.36. The SMILES string of the molecule is CCNC(c1cccc(C(F)(F)F)c1F)C1CCCOC1. The Morgan fingerprint density at radius 2 is 2.14 bits per heavy atom. The lowest BCUT2D eigenvalue weighted by Gasteiger charge is -2.31. The van der Waals surface area contributed by atoms with Gasteiger partial charge in [-0.15, -0.1) is 0 Å². The van der Waals surface area contributed by atoms with Crippen molar-refractivity contribution in [1.82, 2.24) is 5.32 Å². The lowest BCUT2D eigenvalue weighted by Crippen LogP contribution is -2.34. The van der Waals surface area contributed by atoms with Gasteiger partial charge in [0.05, 0.1) is 12.2 Å². The van der Waals surface area contributed by atoms with Crippen molar-refractivity contribution in [2.45, 2.75) is 32.0 Å². The first-order valence-corrected chi connectivity index (χ1v) is 7.12. The van der Waals surface area contributed by atoms with E-state index in [1.165, 1.54) is 12.1 Å². The summed E-state index contributed by atoms with van der Waals surface area (Å²) >= 11 is 0. The average Bonchev–Trinajstić information content (AvgIpc) is 2.45. The van der Waals surface area contributed by atoms with Crippen LogP contribution in [0.5, 0.6) is 0 Å². The molecule has 1 fully saturated rings. The maximum absolute atomic E-state index is 14.3. The van der Waals surface area contributed by atoms with Crippen LogP contribution in [0.15, 0.2) is 18.2 Å². The van der Waals surface area contributed by atoms with Crippen LogP contribution in [0.1, 0.15) is 36.9 Å². The molecule has 0 radical (unpaired) electrons. The van der Waals surface area contributed by atoms with Gasteiger partial charge in [-0.2, -0.15) is 13.2 Å². The van der Waals surface area contributed by atoms with E-state index in [1.807, 2.05) is 6.92 Å². The molecule has 1 aliphatic heterocycles. The molecule has 0 aromatic heterocycles. The van der Waals surface area contributed by atoms with Crippen LogP contribution >= 0.6 is 0 Å². The highest BCUT2D eigenvalue weighted by molar-refractivity contribution is 5.31. The van der Waals surface area contributed by atoms with Gasteiger partial charge in [0.15, 0.2) is 0 Å². The topological polar surface area (TPSA) is 21.3 Å². The summed E-state index contributed by atoms with van der Waals surface area (Å²) in [5, 5.41) is 3.10. The van der Waals surface area contributed by atoms with Crippen LogP contribution in [0.25, 0.3) is 0 Å². The van der Waals surface area contributed by atoms with Crippen molar-refractivity contribution >= 4 is 0 Å². The second kappa shape index (κ2) is 6.75. The molecule has 0 bridgehead atoms. The average molecular weight is 305 g/mol. The minimum atomic E-state index is -4.68. The zero-order valence-corrected chi connectivity index (χ0v) is 11.8. The zero-order chi connectivity index (χ0) is 15.5. The summed E-state index contributed by atoms with van der Waals surface area (Å²) in [6.45, 7) is 3.49. The summed E-state index contributed by atoms with van der Waals surface area (Å²) in [5.74, 6) is -1.20. The van der Waals surface area contributed by atoms with Gasteiger partial charge in [0.2, 0.25) is 0 Å². The molecule has 2 rings (SSSR count). The molecule has 2 unspecified atom stereocenters. The van der Waals surface area contributed by atoms with E-state index in [0.717, 1.165) is 18.9 Å². The van der Waals surface area contributed by atoms with Crippen molar-refractivity contribution in [2.24, 2.45) is 5.92 Å². The molecule has 1 aromatic carbocycles. The molecule has 6 heteroatoms. The third kappa shape index (κ3) is 3.74. The van der Waals surface area contributed by atoms with E-state index in [0.29, 0.717) is 19.8 Å². The Morgan fingerprint density at radius 3 is 2.71 bits per heavy atom. The second-order valence-electron chi connectivity index (χ2n) is 5.22. The normalized spacial score (nSPS) is 21.3. The molecule has 0 aliphatic carbocycles. The maximum Gasteiger partial charge on any atom is 0.419 e. The lowest BCUT2D eigenvalue weighted by molar-refractivity contribution is -0.140. The van der Waals surface area contributed by atoms with E-state index in [-0.39, 0.29) is 11.5 Å². The van der Waals surface area contributed by atoms with Gasteiger partial charge < -0.3 is 10.1 Å². The highest BCUT2D eigenvalue weighted by atomic mass is 19.4. The number of alkyl halides is 3. The standard InChI is InChI=1S/C15H19F4NO/c1-2-20-14(10-5-4-8-21-9-10)11-6-3-7-12(13(11)16)15(17,18)19/h3,6-7,10,14,20H,2,4-5,8-9H2,1H3. The monoisotopic (exact) mass is 305 g/mol. The summed E-state index contributed by atoms with van der Waals surface area (Å²) in [6.07, 6.45) is -3.03. The molecule has 2 nitrogen and oxygen atoms in total. The van der Waals surface area contributed by atoms with Crippen molar-refractivity contribution in [3.05, 3.63) is 35.1 Å². The fraction of sp³-hybridized carbons (Fsp3) is 0.600. The van der Waals surface area contributed by atoms with Crippen LogP contribution < -0.4 is 5.32 Å². The predicted molar refractivity (Wildman–Crippen MR) is 71.4 cm³/mol. The summed E-state index contributed by atoms with van der Waals surface area (Å²) in [7, 11) is 0. The second-order valence-corrected chi connectivity index (χ2v) is 5.22. The summed E-state index contributed by atoms with van der Waals surface area (Å²) in [4.78, 5) is 0. The summed E-state index contributed by atoms with van der Waals surface area (Å²) in [6, 6.07) is 3.00. The molecular weight excluding hydrogens is 286 g/mol. The van der Waals surface area contributed by atoms with E-state index >= 15 is 0 Å². The molecule has 1 saturated heterocycles. The summed E-state index contributed by atoms with van der Waals surface area (Å²) < 4.78 is 58.2. The Hall–Kier alpha value is -1.14. The maximum atomic E-state index is 14.3. The van der Waals surface area contributed by atoms with Crippen LogP contribution in [-0.4, -0.2) is 19.8 Å². The fourth-order valence-electron chi connectivity index (χ4n) is 2.79. The molecular formula is C15H19F4NO. The van der Waals surface area contributed by atoms with E-state index < -0.39 is 23.6 Å². The van der Waals surface area contributed by atoms with Crippen LogP contribution in [0.3, 0.4) is 0 Å². The van der Waals surface area contributed by atoms with Crippen LogP contribution in [0, 0.1) is 11.7 Å². The largest absolute Gasteiger partial charge is 0.419 e. The number of ether oxygens (including phenoxy) is 1. The Labute approximate surface area is 121 Å². The number of hydrogen-bond donors (Lipinski definition) is 1. The number of nitrogens with one attached hydrogen (secondary N) is 1. The van der Waals surface area contributed by atoms with Gasteiger partial charge in [0, 0.05) is 24.1 Å². The Balaban J connectivity index is 2.36. The van der Waals surface area contributed by atoms with Gasteiger partial charge >= 0.3 is 6.18 Å². The third-order valence-corrected chi connectivity index (χ3v) is 3.76. The molecule has 1 heterocycles. The smallest absolute Gasteiger partial charge is 0.381 e. The minimum Gasteiger partial charge on any atom is -0.381 e. The van der Waals surface area contributed by atoms with Crippen molar-refractivity contribution in [3.63, 3.8) is 0 Å². The van der Waals surface area contributed by atoms with Crippen molar-refractivity contribution in [1.29, 1.82) is 0 Å². The number of hydrogen-bond acceptors (Lipinski definition) is 2. The van der Waals surface area contributed by atoms with Crippen molar-refractivity contribution in [3.8, 4) is 0 Å². The van der Waals surface area contributed by atoms with Crippen LogP contribution in [0.2, 0.25) is 0 Å². The zero-order valence-electron chi connectivity index (χ0n) is 11.8. The van der Waals surface area contributed by atoms with E-state index in [2.05, 4.69) is 5.32 Å². The molecule has 0 amide bonds. The number of benzene rings is 1. The van der Waals surface area contributed by atoms with Crippen molar-refractivity contribution in [2.75, 3.05) is 19.8 Å². The molecule has 21 heavy (non-hydrogen) atoms. The first-order chi connectivity index (χ1) is 9.95. The van der Waals surface area contributed by atoms with Gasteiger partial charge in [-0.05, 0) is 25.5 Å². The summed E-state index contributed by atoms with van der Waals surface area (Å²) in [5.41, 5.74) is -1.14. The van der Waals surface area contributed by atoms with Gasteiger partial charge in [-0.25, -0.2) is 4.39 Å². The van der Waals surface area contributed by atoms with Gasteiger partial charge in [-0.1, -0.05) is 19.1 Å². The molecule has 1 N–H and O–H groups in total. The molecule has 2 atom stereocenters. The molecule has 1 aliphatic rings. The molecule has 0 spiro atoms. The van der Waals surface area contributed by atoms with Gasteiger partial charge in [0.1, 0.15) is 5.82 Å². The Bertz CT molecular complexity index is 469. The molecule has 118 valence electrons. The van der Waals surface area contributed by atoms with Gasteiger partial charge in [-0.3, -0.25) is 0 Å². The fourth-order valence-corrected chi connectivity index (χ4v) is 2.79. The first kappa shape index (κ1) is 16.2. The van der Waals surface area contributed by atoms with Crippen LogP contribution in [-0.2, 0) is 10.9 Å². The van der Waals surface area contributed by atoms with Gasteiger partial charge in [0.25, 0.3) is 0 Å². The first-order valence-electron chi connectivity index (χ1n) is 7.12. The number of rotatable bonds is 4. The van der Waals surface area contributed by atoms with E-state index in [9.17, 15) is 17.6 Å². The lowest BCUT2D eigenvalue weighted by atomic mass is 9.87. The molecule has 1 aromatic rings. The molecule has 0 saturated carbocycles. The Morgan fingerprint density at radius 1 is 1.38 bits per heavy atom. The number of halogens is 4. The predicted octanol–water partition coefficient (Wildman–Crippen LogP) is 3.92. The van der Waals surface area contributed by atoms with Crippen LogP contribution in [0.4, 0.5) is 17.6 Å². The third-order valence-electron chi connectivity index (χ3n) is 3.76. The van der Waals surface area contributed by atoms with E-state index in [1.54, 1.807) is 0 Å². The van der Waals surface area contributed by atoms with E-state index in [4.69, 9.17) is 4.74 Å². The Kier molecular flexibility index (Phi) is 5.22. The van der Waals surface area contributed by atoms with Crippen molar-refractivity contribution < 1.29 is 22.3 Å². The quantitative estimate of drug-likeness (QED) is 0.851. The highest BCUT2D eigenvalue weighted by Gasteiger charge is 2.37.